The van der Waals surface area contributed by atoms with Gasteiger partial charge in [0, 0.05) is 31.7 Å². The van der Waals surface area contributed by atoms with Gasteiger partial charge < -0.3 is 15.4 Å². The largest absolute Gasteiger partial charge is 0.379 e. The Labute approximate surface area is 147 Å². The van der Waals surface area contributed by atoms with E-state index in [2.05, 4.69) is 29.4 Å². The first-order chi connectivity index (χ1) is 12.0. The molecule has 1 unspecified atom stereocenters. The molecule has 2 rings (SSSR count). The van der Waals surface area contributed by atoms with Gasteiger partial charge in [-0.2, -0.15) is 0 Å². The van der Waals surface area contributed by atoms with Crippen molar-refractivity contribution in [3.8, 4) is 0 Å². The van der Waals surface area contributed by atoms with E-state index in [0.29, 0.717) is 25.7 Å². The molecule has 0 radical (unpaired) electrons. The molecule has 25 heavy (non-hydrogen) atoms. The number of nitrogens with zero attached hydrogens (tertiary/aromatic N) is 1. The number of carbonyl (C=O) groups excluding carboxylic acids is 1. The van der Waals surface area contributed by atoms with Crippen molar-refractivity contribution < 1.29 is 18.3 Å². The minimum absolute atomic E-state index is 0.0376. The minimum Gasteiger partial charge on any atom is -0.379 e. The number of urea groups is 1. The van der Waals surface area contributed by atoms with Crippen LogP contribution in [0.2, 0.25) is 0 Å². The second-order valence-corrected chi connectivity index (χ2v) is 6.25. The van der Waals surface area contributed by atoms with E-state index in [0.717, 1.165) is 38.1 Å². The van der Waals surface area contributed by atoms with Crippen molar-refractivity contribution >= 4 is 11.7 Å². The highest BCUT2D eigenvalue weighted by Crippen LogP contribution is 2.20. The van der Waals surface area contributed by atoms with E-state index in [4.69, 9.17) is 4.74 Å². The summed E-state index contributed by atoms with van der Waals surface area (Å²) in [5.74, 6) is -1.01. The van der Waals surface area contributed by atoms with Crippen LogP contribution in [-0.2, 0) is 4.74 Å². The number of nitrogens with one attached hydrogen (secondary N) is 2. The molecular formula is C18H27F2N3O2. The van der Waals surface area contributed by atoms with Gasteiger partial charge in [-0.15, -0.1) is 0 Å². The predicted octanol–water partition coefficient (Wildman–Crippen LogP) is 3.22. The van der Waals surface area contributed by atoms with Crippen LogP contribution in [0.1, 0.15) is 26.7 Å². The standard InChI is InChI=1S/C18H27F2N3O2/c1-3-13(4-2)17(23-7-9-25-10-8-23)12-21-18(24)22-16-6-5-14(19)11-15(16)20/h5-6,11,13,17H,3-4,7-10,12H2,1-2H3,(H2,21,22,24). The van der Waals surface area contributed by atoms with E-state index >= 15 is 0 Å². The quantitative estimate of drug-likeness (QED) is 0.790. The molecule has 1 aromatic carbocycles. The number of ether oxygens (including phenoxy) is 1. The Hall–Kier alpha value is -1.73. The van der Waals surface area contributed by atoms with Crippen LogP contribution < -0.4 is 10.6 Å². The lowest BCUT2D eigenvalue weighted by molar-refractivity contribution is 0.00247. The summed E-state index contributed by atoms with van der Waals surface area (Å²) in [7, 11) is 0. The number of benzene rings is 1. The Kier molecular flexibility index (Phi) is 7.58. The lowest BCUT2D eigenvalue weighted by atomic mass is 9.92. The van der Waals surface area contributed by atoms with Crippen molar-refractivity contribution in [2.24, 2.45) is 5.92 Å². The van der Waals surface area contributed by atoms with Gasteiger partial charge in [-0.05, 0) is 18.1 Å². The Bertz CT molecular complexity index is 561. The Morgan fingerprint density at radius 1 is 1.24 bits per heavy atom. The zero-order valence-electron chi connectivity index (χ0n) is 14.9. The van der Waals surface area contributed by atoms with E-state index in [1.54, 1.807) is 0 Å². The molecule has 0 bridgehead atoms. The van der Waals surface area contributed by atoms with Crippen molar-refractivity contribution in [3.05, 3.63) is 29.8 Å². The first-order valence-corrected chi connectivity index (χ1v) is 8.86. The van der Waals surface area contributed by atoms with Crippen LogP contribution in [0, 0.1) is 17.6 Å². The summed E-state index contributed by atoms with van der Waals surface area (Å²) < 4.78 is 32.0. The SMILES string of the molecule is CCC(CC)C(CNC(=O)Nc1ccc(F)cc1F)N1CCOCC1. The van der Waals surface area contributed by atoms with E-state index in [9.17, 15) is 13.6 Å². The van der Waals surface area contributed by atoms with Gasteiger partial charge in [-0.25, -0.2) is 13.6 Å². The maximum Gasteiger partial charge on any atom is 0.319 e. The maximum atomic E-state index is 13.6. The summed E-state index contributed by atoms with van der Waals surface area (Å²) in [6, 6.07) is 2.79. The second-order valence-electron chi connectivity index (χ2n) is 6.25. The van der Waals surface area contributed by atoms with Crippen molar-refractivity contribution in [2.45, 2.75) is 32.7 Å². The smallest absolute Gasteiger partial charge is 0.319 e. The topological polar surface area (TPSA) is 53.6 Å². The number of morpholine rings is 1. The first-order valence-electron chi connectivity index (χ1n) is 8.86. The van der Waals surface area contributed by atoms with Gasteiger partial charge >= 0.3 is 6.03 Å². The molecule has 2 N–H and O–H groups in total. The molecule has 1 heterocycles. The molecule has 1 fully saturated rings. The molecule has 0 saturated carbocycles. The zero-order valence-corrected chi connectivity index (χ0v) is 14.9. The van der Waals surface area contributed by atoms with E-state index in [1.165, 1.54) is 6.07 Å². The second kappa shape index (κ2) is 9.68. The third kappa shape index (κ3) is 5.64. The highest BCUT2D eigenvalue weighted by molar-refractivity contribution is 5.89. The monoisotopic (exact) mass is 355 g/mol. The molecule has 1 saturated heterocycles. The van der Waals surface area contributed by atoms with E-state index in [1.807, 2.05) is 0 Å². The van der Waals surface area contributed by atoms with Crippen molar-refractivity contribution in [3.63, 3.8) is 0 Å². The number of hydrogen-bond acceptors (Lipinski definition) is 3. The molecule has 0 aromatic heterocycles. The summed E-state index contributed by atoms with van der Waals surface area (Å²) in [4.78, 5) is 14.5. The normalized spacial score (nSPS) is 16.7. The third-order valence-electron chi connectivity index (χ3n) is 4.76. The van der Waals surface area contributed by atoms with Crippen LogP contribution in [0.5, 0.6) is 0 Å². The number of anilines is 1. The van der Waals surface area contributed by atoms with Crippen LogP contribution in [-0.4, -0.2) is 49.8 Å². The van der Waals surface area contributed by atoms with Crippen molar-refractivity contribution in [1.82, 2.24) is 10.2 Å². The van der Waals surface area contributed by atoms with Gasteiger partial charge in [0.15, 0.2) is 0 Å². The average Bonchev–Trinajstić information content (AvgIpc) is 2.62. The molecule has 1 aliphatic rings. The van der Waals surface area contributed by atoms with Crippen molar-refractivity contribution in [1.29, 1.82) is 0 Å². The van der Waals surface area contributed by atoms with Gasteiger partial charge in [0.1, 0.15) is 11.6 Å². The summed E-state index contributed by atoms with van der Waals surface area (Å²) >= 11 is 0. The van der Waals surface area contributed by atoms with Gasteiger partial charge in [-0.1, -0.05) is 26.7 Å². The zero-order chi connectivity index (χ0) is 18.2. The molecular weight excluding hydrogens is 328 g/mol. The third-order valence-corrected chi connectivity index (χ3v) is 4.76. The summed E-state index contributed by atoms with van der Waals surface area (Å²) in [5, 5.41) is 5.26. The molecule has 5 nitrogen and oxygen atoms in total. The predicted molar refractivity (Wildman–Crippen MR) is 93.6 cm³/mol. The number of hydrogen-bond donors (Lipinski definition) is 2. The molecule has 0 aliphatic carbocycles. The van der Waals surface area contributed by atoms with E-state index in [-0.39, 0.29) is 11.7 Å². The molecule has 140 valence electrons. The lowest BCUT2D eigenvalue weighted by Crippen LogP contribution is -2.52. The van der Waals surface area contributed by atoms with Gasteiger partial charge in [0.2, 0.25) is 0 Å². The summed E-state index contributed by atoms with van der Waals surface area (Å²) in [6.07, 6.45) is 2.04. The molecule has 2 amide bonds. The molecule has 7 heteroatoms. The lowest BCUT2D eigenvalue weighted by Gasteiger charge is -2.38. The highest BCUT2D eigenvalue weighted by Gasteiger charge is 2.27. The number of rotatable bonds is 7. The van der Waals surface area contributed by atoms with Crippen LogP contribution in [0.3, 0.4) is 0 Å². The Balaban J connectivity index is 1.95. The van der Waals surface area contributed by atoms with E-state index < -0.39 is 17.7 Å². The fraction of sp³-hybridized carbons (Fsp3) is 0.611. The summed E-state index contributed by atoms with van der Waals surface area (Å²) in [6.45, 7) is 7.85. The molecule has 0 spiro atoms. The van der Waals surface area contributed by atoms with Crippen LogP contribution in [0.25, 0.3) is 0 Å². The van der Waals surface area contributed by atoms with Gasteiger partial charge in [0.25, 0.3) is 0 Å². The molecule has 1 aromatic rings. The first kappa shape index (κ1) is 19.6. The Morgan fingerprint density at radius 3 is 2.52 bits per heavy atom. The van der Waals surface area contributed by atoms with Crippen LogP contribution in [0.4, 0.5) is 19.3 Å². The highest BCUT2D eigenvalue weighted by atomic mass is 19.1. The number of amides is 2. The van der Waals surface area contributed by atoms with Crippen molar-refractivity contribution in [2.75, 3.05) is 38.2 Å². The maximum absolute atomic E-state index is 13.6. The average molecular weight is 355 g/mol. The molecule has 1 atom stereocenters. The Morgan fingerprint density at radius 2 is 1.92 bits per heavy atom. The molecule has 1 aliphatic heterocycles. The van der Waals surface area contributed by atoms with Gasteiger partial charge in [0.05, 0.1) is 18.9 Å². The minimum atomic E-state index is -0.792. The fourth-order valence-electron chi connectivity index (χ4n) is 3.29. The summed E-state index contributed by atoms with van der Waals surface area (Å²) in [5.41, 5.74) is -0.0376. The van der Waals surface area contributed by atoms with Gasteiger partial charge in [-0.3, -0.25) is 4.90 Å². The fourth-order valence-corrected chi connectivity index (χ4v) is 3.29. The number of halogens is 2. The van der Waals surface area contributed by atoms with Crippen LogP contribution >= 0.6 is 0 Å². The van der Waals surface area contributed by atoms with Crippen LogP contribution in [0.15, 0.2) is 18.2 Å². The number of carbonyl (C=O) groups is 1.